The third-order valence-electron chi connectivity index (χ3n) is 4.24. The lowest BCUT2D eigenvalue weighted by Gasteiger charge is -2.18. The Morgan fingerprint density at radius 1 is 1.12 bits per heavy atom. The minimum absolute atomic E-state index is 0.391. The van der Waals surface area contributed by atoms with Crippen molar-refractivity contribution in [2.24, 2.45) is 5.92 Å². The second-order valence-electron chi connectivity index (χ2n) is 6.01. The smallest absolute Gasteiger partial charge is 0.231 e. The molecule has 1 aliphatic carbocycles. The van der Waals surface area contributed by atoms with E-state index in [-0.39, 0.29) is 0 Å². The summed E-state index contributed by atoms with van der Waals surface area (Å²) in [7, 11) is 0. The first-order valence-corrected chi connectivity index (χ1v) is 9.55. The summed E-state index contributed by atoms with van der Waals surface area (Å²) in [6, 6.07) is 3.19. The van der Waals surface area contributed by atoms with E-state index >= 15 is 0 Å². The fourth-order valence-corrected chi connectivity index (χ4v) is 4.93. The monoisotopic (exact) mass is 398 g/mol. The second kappa shape index (κ2) is 6.34. The minimum atomic E-state index is 0.391. The molecule has 2 heterocycles. The average molecular weight is 400 g/mol. The molecule has 1 atom stereocenters. The summed E-state index contributed by atoms with van der Waals surface area (Å²) in [4.78, 5) is 11.1. The lowest BCUT2D eigenvalue weighted by Crippen LogP contribution is -2.08. The summed E-state index contributed by atoms with van der Waals surface area (Å²) in [5.74, 6) is 1.66. The first-order chi connectivity index (χ1) is 11.5. The number of fused-ring (bicyclic) bond motifs is 3. The summed E-state index contributed by atoms with van der Waals surface area (Å²) in [6.07, 6.45) is 4.80. The van der Waals surface area contributed by atoms with Crippen molar-refractivity contribution in [1.82, 2.24) is 9.97 Å². The molecule has 0 aliphatic heterocycles. The van der Waals surface area contributed by atoms with Crippen LogP contribution < -0.4 is 4.74 Å². The van der Waals surface area contributed by atoms with Crippen LogP contribution in [-0.4, -0.2) is 9.97 Å². The lowest BCUT2D eigenvalue weighted by atomic mass is 9.89. The van der Waals surface area contributed by atoms with E-state index in [0.29, 0.717) is 32.6 Å². The number of nitrogens with zero attached hydrogens (tertiary/aromatic N) is 2. The quantitative estimate of drug-likeness (QED) is 0.457. The van der Waals surface area contributed by atoms with Crippen LogP contribution in [0, 0.1) is 5.92 Å². The zero-order valence-corrected chi connectivity index (χ0v) is 15.9. The standard InChI is InChI=1S/C17H13Cl3N2OS/c1-8-2-3-9-14(4-8)24-17-15(9)16(21-7-22-17)23-13-6-11(19)10(18)5-12(13)20/h5-8H,2-4H2,1H3/t8-/m1/s1. The molecule has 0 unspecified atom stereocenters. The van der Waals surface area contributed by atoms with Crippen LogP contribution >= 0.6 is 46.1 Å². The van der Waals surface area contributed by atoms with E-state index in [2.05, 4.69) is 16.9 Å². The van der Waals surface area contributed by atoms with E-state index in [9.17, 15) is 0 Å². The van der Waals surface area contributed by atoms with Gasteiger partial charge in [-0.15, -0.1) is 11.3 Å². The van der Waals surface area contributed by atoms with Gasteiger partial charge in [-0.2, -0.15) is 0 Å². The maximum absolute atomic E-state index is 6.23. The Hall–Kier alpha value is -1.07. The van der Waals surface area contributed by atoms with E-state index < -0.39 is 0 Å². The van der Waals surface area contributed by atoms with Crippen molar-refractivity contribution in [1.29, 1.82) is 0 Å². The Morgan fingerprint density at radius 2 is 1.92 bits per heavy atom. The number of benzene rings is 1. The number of halogens is 3. The van der Waals surface area contributed by atoms with E-state index in [4.69, 9.17) is 39.5 Å². The summed E-state index contributed by atoms with van der Waals surface area (Å²) >= 11 is 20.0. The van der Waals surface area contributed by atoms with Gasteiger partial charge in [0.2, 0.25) is 5.88 Å². The Kier molecular flexibility index (Phi) is 4.33. The third-order valence-corrected chi connectivity index (χ3v) is 6.42. The topological polar surface area (TPSA) is 35.0 Å². The van der Waals surface area contributed by atoms with Gasteiger partial charge in [0.1, 0.15) is 16.9 Å². The Labute approximate surface area is 158 Å². The summed E-state index contributed by atoms with van der Waals surface area (Å²) < 4.78 is 5.99. The van der Waals surface area contributed by atoms with Crippen LogP contribution in [0.15, 0.2) is 18.5 Å². The Morgan fingerprint density at radius 3 is 2.75 bits per heavy atom. The largest absolute Gasteiger partial charge is 0.437 e. The molecular weight excluding hydrogens is 387 g/mol. The molecule has 1 aliphatic rings. The highest BCUT2D eigenvalue weighted by atomic mass is 35.5. The number of hydrogen-bond acceptors (Lipinski definition) is 4. The fourth-order valence-electron chi connectivity index (χ4n) is 3.01. The van der Waals surface area contributed by atoms with Gasteiger partial charge >= 0.3 is 0 Å². The van der Waals surface area contributed by atoms with Gasteiger partial charge in [-0.25, -0.2) is 9.97 Å². The molecule has 4 rings (SSSR count). The van der Waals surface area contributed by atoms with Gasteiger partial charge in [-0.05, 0) is 36.8 Å². The molecule has 0 saturated carbocycles. The number of hydrogen-bond donors (Lipinski definition) is 0. The summed E-state index contributed by atoms with van der Waals surface area (Å²) in [6.45, 7) is 2.28. The van der Waals surface area contributed by atoms with Crippen molar-refractivity contribution in [3.63, 3.8) is 0 Å². The minimum Gasteiger partial charge on any atom is -0.437 e. The molecule has 7 heteroatoms. The normalized spacial score (nSPS) is 17.1. The van der Waals surface area contributed by atoms with Crippen molar-refractivity contribution < 1.29 is 4.74 Å². The van der Waals surface area contributed by atoms with Crippen molar-refractivity contribution in [3.8, 4) is 11.6 Å². The lowest BCUT2D eigenvalue weighted by molar-refractivity contribution is 0.466. The van der Waals surface area contributed by atoms with Crippen LogP contribution in [-0.2, 0) is 12.8 Å². The van der Waals surface area contributed by atoms with Crippen molar-refractivity contribution in [3.05, 3.63) is 44.0 Å². The Balaban J connectivity index is 1.82. The van der Waals surface area contributed by atoms with Gasteiger partial charge in [-0.3, -0.25) is 0 Å². The highest BCUT2D eigenvalue weighted by Crippen LogP contribution is 2.43. The summed E-state index contributed by atoms with van der Waals surface area (Å²) in [5.41, 5.74) is 1.31. The number of aromatic nitrogens is 2. The first kappa shape index (κ1) is 16.4. The summed E-state index contributed by atoms with van der Waals surface area (Å²) in [5, 5.41) is 2.17. The van der Waals surface area contributed by atoms with Gasteiger partial charge in [0, 0.05) is 10.9 Å². The van der Waals surface area contributed by atoms with Crippen LogP contribution in [0.3, 0.4) is 0 Å². The number of ether oxygens (including phenoxy) is 1. The predicted molar refractivity (Wildman–Crippen MR) is 100 cm³/mol. The average Bonchev–Trinajstić information content (AvgIpc) is 2.90. The zero-order valence-electron chi connectivity index (χ0n) is 12.8. The van der Waals surface area contributed by atoms with Crippen LogP contribution in [0.25, 0.3) is 10.2 Å². The van der Waals surface area contributed by atoms with Crippen molar-refractivity contribution >= 4 is 56.4 Å². The Bertz CT molecular complexity index is 941. The predicted octanol–water partition coefficient (Wildman–Crippen LogP) is 6.57. The molecule has 3 aromatic rings. The molecule has 0 radical (unpaired) electrons. The number of rotatable bonds is 2. The maximum Gasteiger partial charge on any atom is 0.231 e. The highest BCUT2D eigenvalue weighted by molar-refractivity contribution is 7.18. The van der Waals surface area contributed by atoms with Gasteiger partial charge in [0.15, 0.2) is 0 Å². The van der Waals surface area contributed by atoms with Crippen LogP contribution in [0.2, 0.25) is 15.1 Å². The zero-order chi connectivity index (χ0) is 16.8. The number of thiophene rings is 1. The molecule has 3 nitrogen and oxygen atoms in total. The molecule has 124 valence electrons. The van der Waals surface area contributed by atoms with Crippen LogP contribution in [0.4, 0.5) is 0 Å². The highest BCUT2D eigenvalue weighted by Gasteiger charge is 2.24. The molecular formula is C17H13Cl3N2OS. The van der Waals surface area contributed by atoms with E-state index in [1.807, 2.05) is 0 Å². The van der Waals surface area contributed by atoms with Gasteiger partial charge < -0.3 is 4.74 Å². The molecule has 2 aromatic heterocycles. The van der Waals surface area contributed by atoms with E-state index in [1.165, 1.54) is 23.2 Å². The third kappa shape index (κ3) is 2.86. The molecule has 0 saturated heterocycles. The molecule has 0 amide bonds. The SMILES string of the molecule is C[C@@H]1CCc2c(sc3ncnc(Oc4cc(Cl)c(Cl)cc4Cl)c23)C1. The van der Waals surface area contributed by atoms with Crippen LogP contribution in [0.1, 0.15) is 23.8 Å². The molecule has 0 spiro atoms. The molecule has 0 bridgehead atoms. The first-order valence-electron chi connectivity index (χ1n) is 7.60. The molecule has 0 N–H and O–H groups in total. The fraction of sp³-hybridized carbons (Fsp3) is 0.294. The number of aryl methyl sites for hydroxylation is 1. The van der Waals surface area contributed by atoms with Crippen LogP contribution in [0.5, 0.6) is 11.6 Å². The van der Waals surface area contributed by atoms with E-state index in [0.717, 1.165) is 23.1 Å². The van der Waals surface area contributed by atoms with Crippen molar-refractivity contribution in [2.45, 2.75) is 26.2 Å². The van der Waals surface area contributed by atoms with Gasteiger partial charge in [0.05, 0.1) is 20.5 Å². The molecule has 0 fully saturated rings. The molecule has 1 aromatic carbocycles. The maximum atomic E-state index is 6.23. The van der Waals surface area contributed by atoms with Gasteiger partial charge in [0.25, 0.3) is 0 Å². The molecule has 24 heavy (non-hydrogen) atoms. The van der Waals surface area contributed by atoms with Crippen molar-refractivity contribution in [2.75, 3.05) is 0 Å². The second-order valence-corrected chi connectivity index (χ2v) is 8.31. The van der Waals surface area contributed by atoms with Gasteiger partial charge in [-0.1, -0.05) is 41.7 Å². The van der Waals surface area contributed by atoms with E-state index in [1.54, 1.807) is 23.5 Å².